The van der Waals surface area contributed by atoms with Crippen LogP contribution in [0.4, 0.5) is 17.5 Å². The lowest BCUT2D eigenvalue weighted by atomic mass is 10.2. The Kier molecular flexibility index (Phi) is 2.60. The molecule has 1 aromatic heterocycles. The quantitative estimate of drug-likeness (QED) is 0.746. The van der Waals surface area contributed by atoms with E-state index in [0.717, 1.165) is 30.0 Å². The van der Waals surface area contributed by atoms with Crippen molar-refractivity contribution in [3.05, 3.63) is 41.1 Å². The molecule has 1 aliphatic heterocycles. The Hall–Kier alpha value is -2.14. The highest BCUT2D eigenvalue weighted by molar-refractivity contribution is 5.57. The number of fused-ring (bicyclic) bond motifs is 1. The first kappa shape index (κ1) is 11.0. The molecule has 0 spiro atoms. The van der Waals surface area contributed by atoms with Crippen LogP contribution in [0.1, 0.15) is 16.8 Å². The third-order valence-corrected chi connectivity index (χ3v) is 3.03. The van der Waals surface area contributed by atoms with Crippen LogP contribution in [0.3, 0.4) is 0 Å². The minimum Gasteiger partial charge on any atom is -0.383 e. The number of aryl methyl sites for hydroxylation is 1. The number of hydrogen-bond donors (Lipinski definition) is 3. The van der Waals surface area contributed by atoms with Crippen LogP contribution in [0.5, 0.6) is 0 Å². The molecule has 92 valence electrons. The Morgan fingerprint density at radius 2 is 1.94 bits per heavy atom. The Balaban J connectivity index is 1.89. The smallest absolute Gasteiger partial charge is 0.229 e. The van der Waals surface area contributed by atoms with Crippen LogP contribution < -0.4 is 16.4 Å². The molecule has 5 nitrogen and oxygen atoms in total. The number of nitrogens with zero attached hydrogens (tertiary/aromatic N) is 2. The normalized spacial score (nSPS) is 13.4. The van der Waals surface area contributed by atoms with E-state index in [4.69, 9.17) is 5.73 Å². The molecule has 0 saturated heterocycles. The second-order valence-corrected chi connectivity index (χ2v) is 4.45. The number of rotatable bonds is 2. The van der Waals surface area contributed by atoms with Crippen LogP contribution in [0.25, 0.3) is 0 Å². The molecule has 0 atom stereocenters. The van der Waals surface area contributed by atoms with Gasteiger partial charge in [0.25, 0.3) is 0 Å². The number of anilines is 3. The van der Waals surface area contributed by atoms with E-state index < -0.39 is 0 Å². The maximum atomic E-state index is 5.92. The van der Waals surface area contributed by atoms with Crippen LogP contribution in [-0.2, 0) is 13.1 Å². The first-order valence-electron chi connectivity index (χ1n) is 5.92. The Bertz CT molecular complexity index is 577. The maximum Gasteiger partial charge on any atom is 0.229 e. The summed E-state index contributed by atoms with van der Waals surface area (Å²) < 4.78 is 0. The summed E-state index contributed by atoms with van der Waals surface area (Å²) in [5.41, 5.74) is 10.1. The van der Waals surface area contributed by atoms with Crippen molar-refractivity contribution < 1.29 is 0 Å². The third kappa shape index (κ3) is 2.00. The predicted molar refractivity (Wildman–Crippen MR) is 71.4 cm³/mol. The van der Waals surface area contributed by atoms with E-state index in [1.54, 1.807) is 0 Å². The van der Waals surface area contributed by atoms with Crippen LogP contribution in [0, 0.1) is 6.92 Å². The van der Waals surface area contributed by atoms with Gasteiger partial charge >= 0.3 is 0 Å². The SMILES string of the molecule is Cc1ccc(Nc2nc(N)c3c(n2)CNC3)cc1. The standard InChI is InChI=1S/C13H15N5/c1-8-2-4-9(5-3-8)16-13-17-11-7-15-6-10(11)12(14)18-13/h2-5,15H,6-7H2,1H3,(H3,14,16,17,18). The van der Waals surface area contributed by atoms with E-state index >= 15 is 0 Å². The van der Waals surface area contributed by atoms with Crippen molar-refractivity contribution in [1.82, 2.24) is 15.3 Å². The Morgan fingerprint density at radius 3 is 2.72 bits per heavy atom. The number of hydrogen-bond acceptors (Lipinski definition) is 5. The van der Waals surface area contributed by atoms with Gasteiger partial charge in [-0.25, -0.2) is 4.98 Å². The molecule has 2 heterocycles. The average molecular weight is 241 g/mol. The van der Waals surface area contributed by atoms with Gasteiger partial charge in [0.15, 0.2) is 0 Å². The fourth-order valence-electron chi connectivity index (χ4n) is 2.02. The monoisotopic (exact) mass is 241 g/mol. The predicted octanol–water partition coefficient (Wildman–Crippen LogP) is 1.71. The van der Waals surface area contributed by atoms with Crippen molar-refractivity contribution in [1.29, 1.82) is 0 Å². The molecule has 5 heteroatoms. The van der Waals surface area contributed by atoms with E-state index in [1.807, 2.05) is 24.3 Å². The lowest BCUT2D eigenvalue weighted by molar-refractivity contribution is 0.758. The largest absolute Gasteiger partial charge is 0.383 e. The summed E-state index contributed by atoms with van der Waals surface area (Å²) in [4.78, 5) is 8.75. The summed E-state index contributed by atoms with van der Waals surface area (Å²) >= 11 is 0. The zero-order valence-electron chi connectivity index (χ0n) is 10.2. The molecule has 0 amide bonds. The van der Waals surface area contributed by atoms with Crippen molar-refractivity contribution in [3.8, 4) is 0 Å². The second kappa shape index (κ2) is 4.27. The van der Waals surface area contributed by atoms with Gasteiger partial charge in [-0.2, -0.15) is 4.98 Å². The molecule has 0 radical (unpaired) electrons. The van der Waals surface area contributed by atoms with Gasteiger partial charge in [-0.3, -0.25) is 0 Å². The summed E-state index contributed by atoms with van der Waals surface area (Å²) in [5.74, 6) is 1.11. The maximum absolute atomic E-state index is 5.92. The Morgan fingerprint density at radius 1 is 1.17 bits per heavy atom. The molecule has 2 aromatic rings. The highest BCUT2D eigenvalue weighted by Gasteiger charge is 2.17. The number of aromatic nitrogens is 2. The van der Waals surface area contributed by atoms with Crippen LogP contribution >= 0.6 is 0 Å². The summed E-state index contributed by atoms with van der Waals surface area (Å²) in [6.07, 6.45) is 0. The van der Waals surface area contributed by atoms with Crippen molar-refractivity contribution in [2.24, 2.45) is 0 Å². The van der Waals surface area contributed by atoms with Crippen molar-refractivity contribution in [2.45, 2.75) is 20.0 Å². The van der Waals surface area contributed by atoms with Crippen molar-refractivity contribution in [2.75, 3.05) is 11.1 Å². The summed E-state index contributed by atoms with van der Waals surface area (Å²) in [6.45, 7) is 3.57. The highest BCUT2D eigenvalue weighted by atomic mass is 15.1. The zero-order valence-corrected chi connectivity index (χ0v) is 10.2. The molecule has 3 rings (SSSR count). The van der Waals surface area contributed by atoms with Gasteiger partial charge in [0.05, 0.1) is 5.69 Å². The highest BCUT2D eigenvalue weighted by Crippen LogP contribution is 2.22. The molecule has 0 saturated carbocycles. The fraction of sp³-hybridized carbons (Fsp3) is 0.231. The lowest BCUT2D eigenvalue weighted by Crippen LogP contribution is -2.05. The molecular formula is C13H15N5. The molecular weight excluding hydrogens is 226 g/mol. The van der Waals surface area contributed by atoms with E-state index in [-0.39, 0.29) is 0 Å². The van der Waals surface area contributed by atoms with Gasteiger partial charge in [-0.1, -0.05) is 17.7 Å². The number of nitrogens with two attached hydrogens (primary N) is 1. The van der Waals surface area contributed by atoms with Crippen molar-refractivity contribution >= 4 is 17.5 Å². The molecule has 1 aliphatic rings. The fourth-order valence-corrected chi connectivity index (χ4v) is 2.02. The lowest BCUT2D eigenvalue weighted by Gasteiger charge is -2.08. The minimum atomic E-state index is 0.554. The molecule has 0 bridgehead atoms. The third-order valence-electron chi connectivity index (χ3n) is 3.03. The van der Waals surface area contributed by atoms with E-state index in [1.165, 1.54) is 5.56 Å². The number of nitrogens with one attached hydrogen (secondary N) is 2. The van der Waals surface area contributed by atoms with Gasteiger partial charge in [0, 0.05) is 24.3 Å². The van der Waals surface area contributed by atoms with Gasteiger partial charge in [-0.15, -0.1) is 0 Å². The van der Waals surface area contributed by atoms with Gasteiger partial charge in [0.1, 0.15) is 5.82 Å². The van der Waals surface area contributed by atoms with Crippen LogP contribution in [0.15, 0.2) is 24.3 Å². The minimum absolute atomic E-state index is 0.554. The van der Waals surface area contributed by atoms with E-state index in [0.29, 0.717) is 11.8 Å². The average Bonchev–Trinajstić information content (AvgIpc) is 2.81. The Labute approximate surface area is 105 Å². The molecule has 4 N–H and O–H groups in total. The van der Waals surface area contributed by atoms with Crippen LogP contribution in [0.2, 0.25) is 0 Å². The molecule has 18 heavy (non-hydrogen) atoms. The summed E-state index contributed by atoms with van der Waals surface area (Å²) in [7, 11) is 0. The first-order valence-corrected chi connectivity index (χ1v) is 5.92. The van der Waals surface area contributed by atoms with Gasteiger partial charge in [-0.05, 0) is 19.1 Å². The van der Waals surface area contributed by atoms with Gasteiger partial charge in [0.2, 0.25) is 5.95 Å². The first-order chi connectivity index (χ1) is 8.72. The second-order valence-electron chi connectivity index (χ2n) is 4.45. The van der Waals surface area contributed by atoms with Gasteiger partial charge < -0.3 is 16.4 Å². The van der Waals surface area contributed by atoms with E-state index in [9.17, 15) is 0 Å². The molecule has 1 aromatic carbocycles. The summed E-state index contributed by atoms with van der Waals surface area (Å²) in [5, 5.41) is 6.39. The number of nitrogen functional groups attached to an aromatic ring is 1. The zero-order chi connectivity index (χ0) is 12.5. The summed E-state index contributed by atoms with van der Waals surface area (Å²) in [6, 6.07) is 8.09. The molecule has 0 aliphatic carbocycles. The van der Waals surface area contributed by atoms with Crippen LogP contribution in [-0.4, -0.2) is 9.97 Å². The van der Waals surface area contributed by atoms with E-state index in [2.05, 4.69) is 27.5 Å². The molecule has 0 unspecified atom stereocenters. The molecule has 0 fully saturated rings. The number of benzene rings is 1. The van der Waals surface area contributed by atoms with Crippen molar-refractivity contribution in [3.63, 3.8) is 0 Å². The topological polar surface area (TPSA) is 75.9 Å².